The SMILES string of the molecule is O=C(O)C[C@@H]1CN(C(=O)[C@@H]2CC(=O)N(CCc3ccccc3)C2)CCO1. The number of ether oxygens (including phenoxy) is 1. The number of morpholine rings is 1. The Balaban J connectivity index is 1.52. The van der Waals surface area contributed by atoms with Crippen LogP contribution in [0.3, 0.4) is 0 Å². The highest BCUT2D eigenvalue weighted by molar-refractivity contribution is 5.89. The molecule has 2 heterocycles. The number of amides is 2. The quantitative estimate of drug-likeness (QED) is 0.810. The maximum atomic E-state index is 12.7. The number of carbonyl (C=O) groups is 3. The van der Waals surface area contributed by atoms with Crippen molar-refractivity contribution >= 4 is 17.8 Å². The van der Waals surface area contributed by atoms with Crippen LogP contribution in [0, 0.1) is 5.92 Å². The van der Waals surface area contributed by atoms with E-state index in [1.54, 1.807) is 9.80 Å². The van der Waals surface area contributed by atoms with Crippen LogP contribution >= 0.6 is 0 Å². The minimum Gasteiger partial charge on any atom is -0.481 e. The molecule has 3 rings (SSSR count). The van der Waals surface area contributed by atoms with E-state index in [4.69, 9.17) is 9.84 Å². The molecule has 2 atom stereocenters. The smallest absolute Gasteiger partial charge is 0.306 e. The number of carboxylic acid groups (broad SMARTS) is 1. The van der Waals surface area contributed by atoms with Crippen molar-refractivity contribution in [2.45, 2.75) is 25.4 Å². The van der Waals surface area contributed by atoms with Crippen molar-refractivity contribution in [1.82, 2.24) is 9.80 Å². The van der Waals surface area contributed by atoms with Crippen LogP contribution in [0.4, 0.5) is 0 Å². The van der Waals surface area contributed by atoms with Gasteiger partial charge in [0, 0.05) is 32.6 Å². The molecule has 7 heteroatoms. The molecule has 0 radical (unpaired) electrons. The number of nitrogens with zero attached hydrogens (tertiary/aromatic N) is 2. The van der Waals surface area contributed by atoms with E-state index in [0.29, 0.717) is 26.2 Å². The number of carboxylic acids is 1. The minimum atomic E-state index is -0.938. The molecule has 0 unspecified atom stereocenters. The van der Waals surface area contributed by atoms with Crippen LogP contribution in [-0.2, 0) is 25.5 Å². The molecule has 0 spiro atoms. The van der Waals surface area contributed by atoms with E-state index in [1.807, 2.05) is 30.3 Å². The second-order valence-corrected chi connectivity index (χ2v) is 6.85. The average molecular weight is 360 g/mol. The average Bonchev–Trinajstić information content (AvgIpc) is 3.00. The molecule has 26 heavy (non-hydrogen) atoms. The van der Waals surface area contributed by atoms with Gasteiger partial charge in [0.25, 0.3) is 0 Å². The maximum absolute atomic E-state index is 12.7. The number of aliphatic carboxylic acids is 1. The summed E-state index contributed by atoms with van der Waals surface area (Å²) in [5.41, 5.74) is 1.17. The first-order chi connectivity index (χ1) is 12.5. The van der Waals surface area contributed by atoms with Crippen molar-refractivity contribution in [1.29, 1.82) is 0 Å². The Hall–Kier alpha value is -2.41. The van der Waals surface area contributed by atoms with Gasteiger partial charge in [-0.3, -0.25) is 14.4 Å². The van der Waals surface area contributed by atoms with Gasteiger partial charge in [-0.15, -0.1) is 0 Å². The second-order valence-electron chi connectivity index (χ2n) is 6.85. The zero-order valence-corrected chi connectivity index (χ0v) is 14.7. The van der Waals surface area contributed by atoms with Crippen molar-refractivity contribution < 1.29 is 24.2 Å². The molecule has 140 valence electrons. The first-order valence-electron chi connectivity index (χ1n) is 8.97. The van der Waals surface area contributed by atoms with E-state index in [1.165, 1.54) is 5.56 Å². The van der Waals surface area contributed by atoms with E-state index < -0.39 is 12.1 Å². The highest BCUT2D eigenvalue weighted by Gasteiger charge is 2.37. The fourth-order valence-corrected chi connectivity index (χ4v) is 3.56. The van der Waals surface area contributed by atoms with Gasteiger partial charge in [0.05, 0.1) is 25.0 Å². The highest BCUT2D eigenvalue weighted by Crippen LogP contribution is 2.22. The Morgan fingerprint density at radius 1 is 1.19 bits per heavy atom. The molecule has 2 saturated heterocycles. The van der Waals surface area contributed by atoms with E-state index >= 15 is 0 Å². The lowest BCUT2D eigenvalue weighted by Gasteiger charge is -2.33. The third-order valence-electron chi connectivity index (χ3n) is 4.93. The summed E-state index contributed by atoms with van der Waals surface area (Å²) in [5, 5.41) is 8.89. The highest BCUT2D eigenvalue weighted by atomic mass is 16.5. The van der Waals surface area contributed by atoms with Crippen LogP contribution < -0.4 is 0 Å². The van der Waals surface area contributed by atoms with Gasteiger partial charge in [-0.1, -0.05) is 30.3 Å². The van der Waals surface area contributed by atoms with E-state index in [-0.39, 0.29) is 37.1 Å². The summed E-state index contributed by atoms with van der Waals surface area (Å²) in [4.78, 5) is 39.2. The summed E-state index contributed by atoms with van der Waals surface area (Å²) >= 11 is 0. The second kappa shape index (κ2) is 8.31. The fourth-order valence-electron chi connectivity index (χ4n) is 3.56. The number of hydrogen-bond donors (Lipinski definition) is 1. The first kappa shape index (κ1) is 18.4. The van der Waals surface area contributed by atoms with Crippen molar-refractivity contribution in [3.63, 3.8) is 0 Å². The Morgan fingerprint density at radius 2 is 1.96 bits per heavy atom. The summed E-state index contributed by atoms with van der Waals surface area (Å²) in [6.07, 6.45) is 0.410. The third-order valence-corrected chi connectivity index (χ3v) is 4.93. The van der Waals surface area contributed by atoms with Crippen molar-refractivity contribution in [3.05, 3.63) is 35.9 Å². The summed E-state index contributed by atoms with van der Waals surface area (Å²) in [6, 6.07) is 9.96. The Kier molecular flexibility index (Phi) is 5.88. The van der Waals surface area contributed by atoms with E-state index in [0.717, 1.165) is 6.42 Å². The predicted octanol–water partition coefficient (Wildman–Crippen LogP) is 0.780. The number of likely N-dealkylation sites (tertiary alicyclic amines) is 1. The lowest BCUT2D eigenvalue weighted by molar-refractivity contribution is -0.149. The van der Waals surface area contributed by atoms with Crippen LogP contribution in [-0.4, -0.2) is 71.6 Å². The molecule has 0 aliphatic carbocycles. The van der Waals surface area contributed by atoms with Crippen LogP contribution in [0.1, 0.15) is 18.4 Å². The monoisotopic (exact) mass is 360 g/mol. The lowest BCUT2D eigenvalue weighted by atomic mass is 10.1. The Labute approximate surface area is 152 Å². The zero-order valence-electron chi connectivity index (χ0n) is 14.7. The number of benzene rings is 1. The summed E-state index contributed by atoms with van der Waals surface area (Å²) in [6.45, 7) is 2.11. The normalized spacial score (nSPS) is 23.3. The molecule has 1 aromatic rings. The molecule has 1 N–H and O–H groups in total. The molecular weight excluding hydrogens is 336 g/mol. The van der Waals surface area contributed by atoms with Crippen molar-refractivity contribution in [3.8, 4) is 0 Å². The van der Waals surface area contributed by atoms with Gasteiger partial charge in [-0.2, -0.15) is 0 Å². The van der Waals surface area contributed by atoms with Crippen LogP contribution in [0.2, 0.25) is 0 Å². The zero-order chi connectivity index (χ0) is 18.5. The molecule has 2 aliphatic heterocycles. The van der Waals surface area contributed by atoms with Gasteiger partial charge in [-0.05, 0) is 12.0 Å². The Bertz CT molecular complexity index is 663. The van der Waals surface area contributed by atoms with Crippen molar-refractivity contribution in [2.75, 3.05) is 32.8 Å². The van der Waals surface area contributed by atoms with Gasteiger partial charge in [0.2, 0.25) is 11.8 Å². The number of hydrogen-bond acceptors (Lipinski definition) is 4. The fraction of sp³-hybridized carbons (Fsp3) is 0.526. The number of rotatable bonds is 6. The summed E-state index contributed by atoms with van der Waals surface area (Å²) in [7, 11) is 0. The Morgan fingerprint density at radius 3 is 2.69 bits per heavy atom. The first-order valence-corrected chi connectivity index (χ1v) is 8.97. The van der Waals surface area contributed by atoms with Crippen LogP contribution in [0.15, 0.2) is 30.3 Å². The van der Waals surface area contributed by atoms with E-state index in [9.17, 15) is 14.4 Å². The molecule has 0 saturated carbocycles. The number of carbonyl (C=O) groups excluding carboxylic acids is 2. The predicted molar refractivity (Wildman–Crippen MR) is 93.4 cm³/mol. The van der Waals surface area contributed by atoms with Gasteiger partial charge in [-0.25, -0.2) is 0 Å². The molecular formula is C19H24N2O5. The van der Waals surface area contributed by atoms with E-state index in [2.05, 4.69) is 0 Å². The molecule has 1 aromatic carbocycles. The summed E-state index contributed by atoms with van der Waals surface area (Å²) in [5.74, 6) is -1.34. The molecule has 0 aromatic heterocycles. The largest absolute Gasteiger partial charge is 0.481 e. The molecule has 7 nitrogen and oxygen atoms in total. The molecule has 2 fully saturated rings. The maximum Gasteiger partial charge on any atom is 0.306 e. The molecule has 0 bridgehead atoms. The van der Waals surface area contributed by atoms with Crippen LogP contribution in [0.25, 0.3) is 0 Å². The third kappa shape index (κ3) is 4.60. The van der Waals surface area contributed by atoms with Gasteiger partial charge < -0.3 is 19.6 Å². The standard InChI is InChI=1S/C19H24N2O5/c22-17-10-15(12-20(17)7-6-14-4-2-1-3-5-14)19(25)21-8-9-26-16(13-21)11-18(23)24/h1-5,15-16H,6-13H2,(H,23,24)/t15-,16-/m1/s1. The van der Waals surface area contributed by atoms with Gasteiger partial charge in [0.15, 0.2) is 0 Å². The van der Waals surface area contributed by atoms with Gasteiger partial charge in [0.1, 0.15) is 0 Å². The molecule has 2 aliphatic rings. The van der Waals surface area contributed by atoms with Gasteiger partial charge >= 0.3 is 5.97 Å². The van der Waals surface area contributed by atoms with Crippen molar-refractivity contribution in [2.24, 2.45) is 5.92 Å². The minimum absolute atomic E-state index is 0.00891. The summed E-state index contributed by atoms with van der Waals surface area (Å²) < 4.78 is 5.41. The topological polar surface area (TPSA) is 87.2 Å². The lowest BCUT2D eigenvalue weighted by Crippen LogP contribution is -2.48. The molecule has 2 amide bonds. The van der Waals surface area contributed by atoms with Crippen LogP contribution in [0.5, 0.6) is 0 Å².